The van der Waals surface area contributed by atoms with Gasteiger partial charge in [0.1, 0.15) is 6.10 Å². The summed E-state index contributed by atoms with van der Waals surface area (Å²) in [6.45, 7) is 3.23. The molecule has 0 saturated carbocycles. The maximum Gasteiger partial charge on any atom is 0.280 e. The Bertz CT molecular complexity index is 295. The Labute approximate surface area is 81.7 Å². The zero-order chi connectivity index (χ0) is 10.6. The molecule has 1 rings (SSSR count). The van der Waals surface area contributed by atoms with Gasteiger partial charge in [0.05, 0.1) is 0 Å². The summed E-state index contributed by atoms with van der Waals surface area (Å²) in [4.78, 5) is 0. The number of allylic oxidation sites excluding steroid dienone is 1. The molecule has 0 aromatic heterocycles. The molecule has 14 heavy (non-hydrogen) atoms. The van der Waals surface area contributed by atoms with Crippen LogP contribution in [0.15, 0.2) is 43.0 Å². The average molecular weight is 198 g/mol. The highest BCUT2D eigenvalue weighted by Gasteiger charge is 2.37. The second kappa shape index (κ2) is 4.33. The van der Waals surface area contributed by atoms with Gasteiger partial charge in [0, 0.05) is 6.42 Å². The quantitative estimate of drug-likeness (QED) is 0.737. The van der Waals surface area contributed by atoms with Crippen molar-refractivity contribution in [3.8, 4) is 0 Å². The van der Waals surface area contributed by atoms with E-state index in [4.69, 9.17) is 0 Å². The van der Waals surface area contributed by atoms with Gasteiger partial charge < -0.3 is 5.11 Å². The summed E-state index contributed by atoms with van der Waals surface area (Å²) < 4.78 is 26.4. The first-order valence-electron chi connectivity index (χ1n) is 4.29. The summed E-state index contributed by atoms with van der Waals surface area (Å²) in [6.07, 6.45) is -1.18. The van der Waals surface area contributed by atoms with Gasteiger partial charge in [0.2, 0.25) is 0 Å². The molecular weight excluding hydrogens is 186 g/mol. The smallest absolute Gasteiger partial charge is 0.280 e. The topological polar surface area (TPSA) is 20.2 Å². The zero-order valence-corrected chi connectivity index (χ0v) is 7.66. The standard InChI is InChI=1S/C11H12F2O/c1-2-8-11(12,13)10(14)9-6-4-3-5-7-9/h2-7,10,14H,1,8H2/t10-/m1/s1. The number of alkyl halides is 2. The average Bonchev–Trinajstić information content (AvgIpc) is 2.18. The number of rotatable bonds is 4. The molecule has 0 fully saturated rings. The largest absolute Gasteiger partial charge is 0.382 e. The fourth-order valence-corrected chi connectivity index (χ4v) is 1.18. The number of halogens is 2. The summed E-state index contributed by atoms with van der Waals surface area (Å²) in [5.74, 6) is -3.15. The third-order valence-corrected chi connectivity index (χ3v) is 1.93. The van der Waals surface area contributed by atoms with Crippen LogP contribution in [0.2, 0.25) is 0 Å². The third kappa shape index (κ3) is 2.39. The van der Waals surface area contributed by atoms with Gasteiger partial charge in [-0.05, 0) is 5.56 Å². The second-order valence-electron chi connectivity index (χ2n) is 3.07. The highest BCUT2D eigenvalue weighted by molar-refractivity contribution is 5.19. The lowest BCUT2D eigenvalue weighted by molar-refractivity contribution is -0.108. The van der Waals surface area contributed by atoms with Crippen molar-refractivity contribution in [3.05, 3.63) is 48.6 Å². The molecule has 0 radical (unpaired) electrons. The van der Waals surface area contributed by atoms with Crippen LogP contribution in [0.25, 0.3) is 0 Å². The normalized spacial score (nSPS) is 13.6. The molecule has 0 aliphatic heterocycles. The molecule has 0 amide bonds. The maximum absolute atomic E-state index is 13.2. The minimum Gasteiger partial charge on any atom is -0.382 e. The molecule has 0 aliphatic rings. The van der Waals surface area contributed by atoms with Gasteiger partial charge in [-0.2, -0.15) is 0 Å². The van der Waals surface area contributed by atoms with Gasteiger partial charge in [-0.25, -0.2) is 8.78 Å². The van der Waals surface area contributed by atoms with Gasteiger partial charge in [0.15, 0.2) is 0 Å². The van der Waals surface area contributed by atoms with Gasteiger partial charge in [0.25, 0.3) is 5.92 Å². The summed E-state index contributed by atoms with van der Waals surface area (Å²) in [5, 5.41) is 9.38. The van der Waals surface area contributed by atoms with Crippen molar-refractivity contribution >= 4 is 0 Å². The number of hydrogen-bond acceptors (Lipinski definition) is 1. The van der Waals surface area contributed by atoms with Crippen molar-refractivity contribution < 1.29 is 13.9 Å². The predicted molar refractivity (Wildman–Crippen MR) is 51.2 cm³/mol. The van der Waals surface area contributed by atoms with E-state index in [1.54, 1.807) is 18.2 Å². The maximum atomic E-state index is 13.2. The van der Waals surface area contributed by atoms with Crippen molar-refractivity contribution in [1.82, 2.24) is 0 Å². The van der Waals surface area contributed by atoms with Gasteiger partial charge >= 0.3 is 0 Å². The molecule has 1 N–H and O–H groups in total. The molecule has 1 aromatic carbocycles. The minimum absolute atomic E-state index is 0.222. The Morgan fingerprint density at radius 2 is 1.93 bits per heavy atom. The van der Waals surface area contributed by atoms with Crippen LogP contribution < -0.4 is 0 Å². The molecule has 0 bridgehead atoms. The van der Waals surface area contributed by atoms with E-state index in [1.807, 2.05) is 0 Å². The SMILES string of the molecule is C=CCC(F)(F)[C@H](O)c1ccccc1. The molecule has 1 aromatic rings. The lowest BCUT2D eigenvalue weighted by Crippen LogP contribution is -2.25. The van der Waals surface area contributed by atoms with Crippen molar-refractivity contribution in [3.63, 3.8) is 0 Å². The van der Waals surface area contributed by atoms with Crippen LogP contribution in [-0.2, 0) is 0 Å². The molecule has 0 unspecified atom stereocenters. The molecule has 0 heterocycles. The van der Waals surface area contributed by atoms with E-state index in [-0.39, 0.29) is 5.56 Å². The van der Waals surface area contributed by atoms with E-state index in [9.17, 15) is 13.9 Å². The van der Waals surface area contributed by atoms with Crippen LogP contribution in [0.4, 0.5) is 8.78 Å². The number of hydrogen-bond donors (Lipinski definition) is 1. The Morgan fingerprint density at radius 3 is 2.43 bits per heavy atom. The van der Waals surface area contributed by atoms with Crippen molar-refractivity contribution in [2.24, 2.45) is 0 Å². The molecule has 0 aliphatic carbocycles. The fourth-order valence-electron chi connectivity index (χ4n) is 1.18. The molecule has 1 atom stereocenters. The van der Waals surface area contributed by atoms with Crippen molar-refractivity contribution in [1.29, 1.82) is 0 Å². The van der Waals surface area contributed by atoms with E-state index < -0.39 is 18.4 Å². The first-order chi connectivity index (χ1) is 6.58. The number of aliphatic hydroxyl groups is 1. The lowest BCUT2D eigenvalue weighted by atomic mass is 10.0. The van der Waals surface area contributed by atoms with Crippen LogP contribution in [0, 0.1) is 0 Å². The molecule has 3 heteroatoms. The monoisotopic (exact) mass is 198 g/mol. The van der Waals surface area contributed by atoms with Gasteiger partial charge in [-0.3, -0.25) is 0 Å². The first kappa shape index (κ1) is 10.9. The molecule has 1 nitrogen and oxygen atoms in total. The van der Waals surface area contributed by atoms with Crippen LogP contribution in [0.5, 0.6) is 0 Å². The summed E-state index contributed by atoms with van der Waals surface area (Å²) in [7, 11) is 0. The Kier molecular flexibility index (Phi) is 3.36. The van der Waals surface area contributed by atoms with Gasteiger partial charge in [-0.1, -0.05) is 36.4 Å². The third-order valence-electron chi connectivity index (χ3n) is 1.93. The highest BCUT2D eigenvalue weighted by Crippen LogP contribution is 2.34. The van der Waals surface area contributed by atoms with Crippen molar-refractivity contribution in [2.45, 2.75) is 18.4 Å². The van der Waals surface area contributed by atoms with E-state index in [1.165, 1.54) is 12.1 Å². The van der Waals surface area contributed by atoms with Crippen LogP contribution >= 0.6 is 0 Å². The summed E-state index contributed by atoms with van der Waals surface area (Å²) in [6, 6.07) is 7.89. The Hall–Kier alpha value is -1.22. The second-order valence-corrected chi connectivity index (χ2v) is 3.07. The number of aliphatic hydroxyl groups excluding tert-OH is 1. The van der Waals surface area contributed by atoms with Crippen molar-refractivity contribution in [2.75, 3.05) is 0 Å². The highest BCUT2D eigenvalue weighted by atomic mass is 19.3. The zero-order valence-electron chi connectivity index (χ0n) is 7.66. The molecule has 0 saturated heterocycles. The fraction of sp³-hybridized carbons (Fsp3) is 0.273. The van der Waals surface area contributed by atoms with E-state index >= 15 is 0 Å². The van der Waals surface area contributed by atoms with E-state index in [0.717, 1.165) is 6.08 Å². The molecule has 76 valence electrons. The van der Waals surface area contributed by atoms with Crippen LogP contribution in [0.3, 0.4) is 0 Å². The Morgan fingerprint density at radius 1 is 1.36 bits per heavy atom. The number of benzene rings is 1. The summed E-state index contributed by atoms with van der Waals surface area (Å²) >= 11 is 0. The molecule has 0 spiro atoms. The van der Waals surface area contributed by atoms with Crippen LogP contribution in [0.1, 0.15) is 18.1 Å². The van der Waals surface area contributed by atoms with E-state index in [0.29, 0.717) is 0 Å². The Balaban J connectivity index is 2.84. The summed E-state index contributed by atoms with van der Waals surface area (Å²) in [5.41, 5.74) is 0.222. The predicted octanol–water partition coefficient (Wildman–Crippen LogP) is 2.93. The first-order valence-corrected chi connectivity index (χ1v) is 4.29. The van der Waals surface area contributed by atoms with E-state index in [2.05, 4.69) is 6.58 Å². The van der Waals surface area contributed by atoms with Crippen LogP contribution in [-0.4, -0.2) is 11.0 Å². The molecular formula is C11H12F2O. The van der Waals surface area contributed by atoms with Gasteiger partial charge in [-0.15, -0.1) is 6.58 Å². The lowest BCUT2D eigenvalue weighted by Gasteiger charge is -2.21. The minimum atomic E-state index is -3.15.